The molecule has 0 N–H and O–H groups in total. The maximum Gasteiger partial charge on any atom is 0.416 e. The monoisotopic (exact) mass is 384 g/mol. The first-order chi connectivity index (χ1) is 13.4. The minimum absolute atomic E-state index is 0.0321. The Hall–Kier alpha value is -3.48. The Kier molecular flexibility index (Phi) is 4.43. The molecule has 0 aliphatic carbocycles. The highest BCUT2D eigenvalue weighted by Gasteiger charge is 2.31. The molecule has 4 rings (SSSR count). The number of fused-ring (bicyclic) bond motifs is 1. The number of rotatable bonds is 3. The topological polar surface area (TPSA) is 35.0 Å². The van der Waals surface area contributed by atoms with E-state index in [-0.39, 0.29) is 11.4 Å². The van der Waals surface area contributed by atoms with Gasteiger partial charge in [-0.25, -0.2) is 14.4 Å². The third kappa shape index (κ3) is 3.64. The highest BCUT2D eigenvalue weighted by Crippen LogP contribution is 2.35. The quantitative estimate of drug-likeness (QED) is 0.392. The van der Waals surface area contributed by atoms with Gasteiger partial charge in [0.15, 0.2) is 0 Å². The third-order valence-electron chi connectivity index (χ3n) is 4.03. The van der Waals surface area contributed by atoms with E-state index in [1.807, 2.05) is 6.07 Å². The number of benzene rings is 3. The summed E-state index contributed by atoms with van der Waals surface area (Å²) in [6.45, 7) is 0. The lowest BCUT2D eigenvalue weighted by Gasteiger charge is -2.12. The van der Waals surface area contributed by atoms with Gasteiger partial charge in [-0.15, -0.1) is 0 Å². The predicted octanol–water partition coefficient (Wildman–Crippen LogP) is 6.25. The Morgan fingerprint density at radius 1 is 0.750 bits per heavy atom. The van der Waals surface area contributed by atoms with Crippen LogP contribution in [0.25, 0.3) is 22.3 Å². The molecule has 0 fully saturated rings. The molecule has 4 aromatic rings. The fourth-order valence-electron chi connectivity index (χ4n) is 2.68. The summed E-state index contributed by atoms with van der Waals surface area (Å²) >= 11 is 0. The zero-order chi connectivity index (χ0) is 19.7. The lowest BCUT2D eigenvalue weighted by molar-refractivity contribution is -0.137. The molecule has 7 heteroatoms. The van der Waals surface area contributed by atoms with Crippen molar-refractivity contribution in [3.8, 4) is 22.9 Å². The van der Waals surface area contributed by atoms with Crippen molar-refractivity contribution in [3.05, 3.63) is 84.2 Å². The van der Waals surface area contributed by atoms with Gasteiger partial charge in [0.25, 0.3) is 0 Å². The second kappa shape index (κ2) is 6.92. The third-order valence-corrected chi connectivity index (χ3v) is 4.03. The fraction of sp³-hybridized carbons (Fsp3) is 0.0476. The second-order valence-electron chi connectivity index (χ2n) is 6.00. The van der Waals surface area contributed by atoms with Crippen molar-refractivity contribution >= 4 is 11.0 Å². The normalized spacial score (nSPS) is 11.6. The van der Waals surface area contributed by atoms with Crippen LogP contribution in [0.15, 0.2) is 72.8 Å². The van der Waals surface area contributed by atoms with Gasteiger partial charge in [0.2, 0.25) is 5.88 Å². The molecule has 3 aromatic carbocycles. The predicted molar refractivity (Wildman–Crippen MR) is 96.4 cm³/mol. The number of hydrogen-bond acceptors (Lipinski definition) is 3. The Morgan fingerprint density at radius 3 is 2.14 bits per heavy atom. The van der Waals surface area contributed by atoms with E-state index in [0.29, 0.717) is 22.5 Å². The molecule has 28 heavy (non-hydrogen) atoms. The highest BCUT2D eigenvalue weighted by atomic mass is 19.4. The average molecular weight is 384 g/mol. The van der Waals surface area contributed by atoms with Crippen LogP contribution in [0.3, 0.4) is 0 Å². The lowest BCUT2D eigenvalue weighted by Crippen LogP contribution is -2.05. The highest BCUT2D eigenvalue weighted by molar-refractivity contribution is 5.80. The molecule has 1 heterocycles. The van der Waals surface area contributed by atoms with Crippen LogP contribution >= 0.6 is 0 Å². The van der Waals surface area contributed by atoms with E-state index in [2.05, 4.69) is 9.97 Å². The minimum atomic E-state index is -4.49. The van der Waals surface area contributed by atoms with Crippen LogP contribution in [0.2, 0.25) is 0 Å². The van der Waals surface area contributed by atoms with Crippen molar-refractivity contribution in [2.24, 2.45) is 0 Å². The Bertz CT molecular complexity index is 1130. The molecule has 0 aliphatic rings. The van der Waals surface area contributed by atoms with Crippen molar-refractivity contribution in [1.82, 2.24) is 9.97 Å². The summed E-state index contributed by atoms with van der Waals surface area (Å²) < 4.78 is 58.0. The van der Waals surface area contributed by atoms with Crippen LogP contribution in [0.5, 0.6) is 11.6 Å². The van der Waals surface area contributed by atoms with Crippen molar-refractivity contribution < 1.29 is 22.3 Å². The van der Waals surface area contributed by atoms with Gasteiger partial charge in [-0.2, -0.15) is 13.2 Å². The first-order valence-corrected chi connectivity index (χ1v) is 8.28. The van der Waals surface area contributed by atoms with E-state index in [9.17, 15) is 17.6 Å². The molecule has 3 nitrogen and oxygen atoms in total. The summed E-state index contributed by atoms with van der Waals surface area (Å²) in [5.41, 5.74) is 0.588. The van der Waals surface area contributed by atoms with E-state index in [1.54, 1.807) is 24.3 Å². The van der Waals surface area contributed by atoms with Gasteiger partial charge in [-0.05, 0) is 42.5 Å². The van der Waals surface area contributed by atoms with E-state index < -0.39 is 17.6 Å². The number of halogens is 4. The molecule has 0 atom stereocenters. The SMILES string of the molecule is Fc1ccc(Oc2nc3cc(C(F)(F)F)ccc3nc2-c2ccccc2)cc1. The molecule has 0 radical (unpaired) electrons. The standard InChI is InChI=1S/C21H12F4N2O/c22-15-7-9-16(10-8-15)28-20-19(13-4-2-1-3-5-13)26-17-11-6-14(21(23,24)25)12-18(17)27-20/h1-12H. The largest absolute Gasteiger partial charge is 0.437 e. The van der Waals surface area contributed by atoms with Crippen LogP contribution in [0.4, 0.5) is 17.6 Å². The fourth-order valence-corrected chi connectivity index (χ4v) is 2.68. The number of ether oxygens (including phenoxy) is 1. The molecule has 0 amide bonds. The summed E-state index contributed by atoms with van der Waals surface area (Å²) in [4.78, 5) is 8.72. The van der Waals surface area contributed by atoms with E-state index in [0.717, 1.165) is 12.1 Å². The smallest absolute Gasteiger partial charge is 0.416 e. The molecular formula is C21H12F4N2O. The minimum Gasteiger partial charge on any atom is -0.437 e. The summed E-state index contributed by atoms with van der Waals surface area (Å²) in [6.07, 6.45) is -4.49. The summed E-state index contributed by atoms with van der Waals surface area (Å²) in [6, 6.07) is 17.4. The Balaban J connectivity index is 1.88. The second-order valence-corrected chi connectivity index (χ2v) is 6.00. The maximum atomic E-state index is 13.1. The van der Waals surface area contributed by atoms with E-state index in [4.69, 9.17) is 4.74 Å². The van der Waals surface area contributed by atoms with Gasteiger partial charge in [-0.1, -0.05) is 30.3 Å². The van der Waals surface area contributed by atoms with Crippen molar-refractivity contribution in [3.63, 3.8) is 0 Å². The average Bonchev–Trinajstić information content (AvgIpc) is 2.69. The zero-order valence-corrected chi connectivity index (χ0v) is 14.2. The Labute approximate surface area is 157 Å². The lowest BCUT2D eigenvalue weighted by atomic mass is 10.1. The number of aromatic nitrogens is 2. The van der Waals surface area contributed by atoms with E-state index >= 15 is 0 Å². The van der Waals surface area contributed by atoms with Crippen LogP contribution in [-0.2, 0) is 6.18 Å². The van der Waals surface area contributed by atoms with Gasteiger partial charge >= 0.3 is 6.18 Å². The summed E-state index contributed by atoms with van der Waals surface area (Å²) in [5.74, 6) is -0.112. The zero-order valence-electron chi connectivity index (χ0n) is 14.2. The van der Waals surface area contributed by atoms with Crippen molar-refractivity contribution in [2.75, 3.05) is 0 Å². The van der Waals surface area contributed by atoms with Gasteiger partial charge in [0.1, 0.15) is 17.3 Å². The summed E-state index contributed by atoms with van der Waals surface area (Å²) in [5, 5.41) is 0. The molecule has 0 saturated carbocycles. The van der Waals surface area contributed by atoms with Gasteiger partial charge < -0.3 is 4.74 Å². The van der Waals surface area contributed by atoms with Crippen LogP contribution in [0, 0.1) is 5.82 Å². The number of hydrogen-bond donors (Lipinski definition) is 0. The van der Waals surface area contributed by atoms with Crippen LogP contribution in [0.1, 0.15) is 5.56 Å². The van der Waals surface area contributed by atoms with Gasteiger partial charge in [-0.3, -0.25) is 0 Å². The molecule has 1 aromatic heterocycles. The molecule has 0 aliphatic heterocycles. The van der Waals surface area contributed by atoms with Gasteiger partial charge in [0, 0.05) is 5.56 Å². The van der Waals surface area contributed by atoms with Gasteiger partial charge in [0.05, 0.1) is 16.6 Å². The van der Waals surface area contributed by atoms with Crippen molar-refractivity contribution in [2.45, 2.75) is 6.18 Å². The van der Waals surface area contributed by atoms with Crippen molar-refractivity contribution in [1.29, 1.82) is 0 Å². The molecule has 0 unspecified atom stereocenters. The first-order valence-electron chi connectivity index (χ1n) is 8.28. The molecule has 0 saturated heterocycles. The van der Waals surface area contributed by atoms with Crippen LogP contribution < -0.4 is 4.74 Å². The Morgan fingerprint density at radius 2 is 1.46 bits per heavy atom. The van der Waals surface area contributed by atoms with Crippen LogP contribution in [-0.4, -0.2) is 9.97 Å². The first kappa shape index (κ1) is 17.9. The molecular weight excluding hydrogens is 372 g/mol. The molecule has 140 valence electrons. The molecule has 0 spiro atoms. The number of alkyl halides is 3. The number of nitrogens with zero attached hydrogens (tertiary/aromatic N) is 2. The summed E-state index contributed by atoms with van der Waals surface area (Å²) in [7, 11) is 0. The molecule has 0 bridgehead atoms. The van der Waals surface area contributed by atoms with E-state index in [1.165, 1.54) is 30.3 Å². The maximum absolute atomic E-state index is 13.1.